The zero-order chi connectivity index (χ0) is 31.7. The van der Waals surface area contributed by atoms with Crippen LogP contribution in [0.2, 0.25) is 0 Å². The van der Waals surface area contributed by atoms with Gasteiger partial charge in [0.2, 0.25) is 0 Å². The first-order valence-electron chi connectivity index (χ1n) is 14.3. The Balaban J connectivity index is 0.000000363. The summed E-state index contributed by atoms with van der Waals surface area (Å²) in [7, 11) is -6.30. The highest BCUT2D eigenvalue weighted by Crippen LogP contribution is 2.79. The summed E-state index contributed by atoms with van der Waals surface area (Å²) in [6.07, 6.45) is 0. The number of alkyl halides is 3. The molecule has 228 valence electrons. The zero-order valence-corrected chi connectivity index (χ0v) is 25.6. The second-order valence-corrected chi connectivity index (χ2v) is 15.1. The zero-order valence-electron chi connectivity index (χ0n) is 23.9. The summed E-state index contributed by atoms with van der Waals surface area (Å²) in [6, 6.07) is 51.3. The number of benzene rings is 5. The van der Waals surface area contributed by atoms with Crippen molar-refractivity contribution < 1.29 is 30.9 Å². The molecule has 3 aliphatic heterocycles. The van der Waals surface area contributed by atoms with Crippen LogP contribution in [0.5, 0.6) is 0 Å². The van der Waals surface area contributed by atoms with Crippen LogP contribution in [0.3, 0.4) is 0 Å². The van der Waals surface area contributed by atoms with Crippen LogP contribution in [0.25, 0.3) is 0 Å². The summed E-state index contributed by atoms with van der Waals surface area (Å²) >= 11 is 0. The molecule has 0 N–H and O–H groups in total. The van der Waals surface area contributed by atoms with E-state index in [0.29, 0.717) is 0 Å². The second-order valence-electron chi connectivity index (χ2n) is 11.4. The van der Waals surface area contributed by atoms with E-state index in [-0.39, 0.29) is 21.6 Å². The van der Waals surface area contributed by atoms with E-state index < -0.39 is 26.8 Å². The van der Waals surface area contributed by atoms with Gasteiger partial charge >= 0.3 is 5.51 Å². The van der Waals surface area contributed by atoms with Gasteiger partial charge in [0.1, 0.15) is 5.60 Å². The maximum Gasteiger partial charge on any atom is 0.485 e. The second kappa shape index (κ2) is 10.3. The highest BCUT2D eigenvalue weighted by Gasteiger charge is 2.86. The molecule has 9 heteroatoms. The minimum atomic E-state index is -6.09. The van der Waals surface area contributed by atoms with Gasteiger partial charge < -0.3 is 9.29 Å². The molecular formula is C36H27F3O4S2. The minimum Gasteiger partial charge on any atom is -0.741 e. The minimum absolute atomic E-state index is 0.164. The molecule has 3 aliphatic rings. The SMILES string of the molecule is C[C@@]12[C@@H](c3ccccc3[S+]1c1ccccc1)[C@]1(c3ccccc3)O[C@@]2(c2ccccc2)c2ccccc21.O=S(=O)([O-])C(F)(F)F. The number of rotatable bonds is 3. The van der Waals surface area contributed by atoms with Gasteiger partial charge in [-0.2, -0.15) is 13.2 Å². The summed E-state index contributed by atoms with van der Waals surface area (Å²) in [5.74, 6) is 0.164. The van der Waals surface area contributed by atoms with E-state index in [4.69, 9.17) is 17.7 Å². The van der Waals surface area contributed by atoms with Crippen LogP contribution < -0.4 is 0 Å². The average Bonchev–Trinajstić information content (AvgIpc) is 3.60. The van der Waals surface area contributed by atoms with E-state index >= 15 is 0 Å². The molecule has 0 saturated carbocycles. The summed E-state index contributed by atoms with van der Waals surface area (Å²) in [5, 5.41) is 0. The van der Waals surface area contributed by atoms with Crippen molar-refractivity contribution in [3.63, 3.8) is 0 Å². The molecule has 3 heterocycles. The molecule has 0 spiro atoms. The Hall–Kier alpha value is -3.89. The fourth-order valence-electron chi connectivity index (χ4n) is 7.72. The highest BCUT2D eigenvalue weighted by atomic mass is 32.2. The Bertz CT molecular complexity index is 1990. The van der Waals surface area contributed by atoms with E-state index in [1.54, 1.807) is 0 Å². The van der Waals surface area contributed by atoms with Gasteiger partial charge in [0.25, 0.3) is 0 Å². The van der Waals surface area contributed by atoms with E-state index in [2.05, 4.69) is 146 Å². The van der Waals surface area contributed by atoms with E-state index in [0.717, 1.165) is 0 Å². The van der Waals surface area contributed by atoms with Crippen LogP contribution in [0.4, 0.5) is 13.2 Å². The molecule has 8 rings (SSSR count). The molecule has 4 nitrogen and oxygen atoms in total. The monoisotopic (exact) mass is 644 g/mol. The Morgan fingerprint density at radius 3 is 1.73 bits per heavy atom. The smallest absolute Gasteiger partial charge is 0.485 e. The lowest BCUT2D eigenvalue weighted by Gasteiger charge is -2.42. The van der Waals surface area contributed by atoms with Crippen molar-refractivity contribution in [2.24, 2.45) is 0 Å². The average molecular weight is 645 g/mol. The summed E-state index contributed by atoms with van der Waals surface area (Å²) in [5.41, 5.74) is -0.293. The molecule has 5 atom stereocenters. The predicted molar refractivity (Wildman–Crippen MR) is 166 cm³/mol. The van der Waals surface area contributed by atoms with Crippen LogP contribution in [-0.4, -0.2) is 23.2 Å². The first-order valence-corrected chi connectivity index (χ1v) is 16.9. The third kappa shape index (κ3) is 4.04. The van der Waals surface area contributed by atoms with Crippen LogP contribution in [-0.2, 0) is 37.0 Å². The number of halogens is 3. The summed E-state index contributed by atoms with van der Waals surface area (Å²) in [4.78, 5) is 2.84. The van der Waals surface area contributed by atoms with Crippen molar-refractivity contribution in [1.82, 2.24) is 0 Å². The van der Waals surface area contributed by atoms with E-state index in [1.807, 2.05) is 0 Å². The van der Waals surface area contributed by atoms with Crippen LogP contribution in [0, 0.1) is 0 Å². The molecule has 5 aromatic rings. The van der Waals surface area contributed by atoms with Crippen molar-refractivity contribution >= 4 is 21.0 Å². The number of ether oxygens (including phenoxy) is 1. The molecule has 1 fully saturated rings. The molecule has 0 aliphatic carbocycles. The maximum atomic E-state index is 10.7. The lowest BCUT2D eigenvalue weighted by molar-refractivity contribution is -0.0518. The van der Waals surface area contributed by atoms with Gasteiger partial charge in [-0.25, -0.2) is 8.42 Å². The normalized spacial score (nSPS) is 27.6. The summed E-state index contributed by atoms with van der Waals surface area (Å²) in [6.45, 7) is 2.52. The molecule has 5 aromatic carbocycles. The number of fused-ring (bicyclic) bond motifs is 10. The number of hydrogen-bond acceptors (Lipinski definition) is 4. The predicted octanol–water partition coefficient (Wildman–Crippen LogP) is 7.86. The van der Waals surface area contributed by atoms with Crippen molar-refractivity contribution in [1.29, 1.82) is 0 Å². The number of hydrogen-bond donors (Lipinski definition) is 0. The largest absolute Gasteiger partial charge is 0.741 e. The Labute approximate surface area is 262 Å². The maximum absolute atomic E-state index is 10.7. The highest BCUT2D eigenvalue weighted by molar-refractivity contribution is 7.98. The molecule has 1 saturated heterocycles. The molecule has 2 bridgehead atoms. The van der Waals surface area contributed by atoms with Gasteiger partial charge in [-0.1, -0.05) is 121 Å². The molecular weight excluding hydrogens is 618 g/mol. The van der Waals surface area contributed by atoms with Gasteiger partial charge in [-0.15, -0.1) is 0 Å². The van der Waals surface area contributed by atoms with Crippen molar-refractivity contribution in [3.8, 4) is 0 Å². The van der Waals surface area contributed by atoms with Crippen molar-refractivity contribution in [3.05, 3.63) is 167 Å². The van der Waals surface area contributed by atoms with Crippen molar-refractivity contribution in [2.75, 3.05) is 0 Å². The fourth-order valence-corrected chi connectivity index (χ4v) is 11.1. The van der Waals surface area contributed by atoms with Gasteiger partial charge in [0.05, 0.1) is 16.8 Å². The third-order valence-corrected chi connectivity index (χ3v) is 12.7. The van der Waals surface area contributed by atoms with Gasteiger partial charge in [0.15, 0.2) is 30.3 Å². The Morgan fingerprint density at radius 2 is 1.16 bits per heavy atom. The standard InChI is InChI=1S/C35H27OS.CHF3O3S/c1-33-32(28-21-11-14-24-31(28)37(33)27-19-9-4-10-20-27)34(25-15-5-2-6-16-25)29-22-12-13-23-30(29)35(33,36-34)26-17-7-3-8-18-26;2-1(3,4)8(5,6)7/h2-24,32H,1H3;(H,5,6,7)/q+1;/p-1/t32-,33+,34-,35+,37?;/m1./s1. The van der Waals surface area contributed by atoms with Gasteiger partial charge in [0, 0.05) is 11.1 Å². The van der Waals surface area contributed by atoms with Crippen molar-refractivity contribution in [2.45, 2.75) is 44.1 Å². The van der Waals surface area contributed by atoms with E-state index in [9.17, 15) is 13.2 Å². The van der Waals surface area contributed by atoms with Crippen LogP contribution in [0.15, 0.2) is 149 Å². The lowest BCUT2D eigenvalue weighted by Crippen LogP contribution is -2.54. The first-order chi connectivity index (χ1) is 21.5. The molecule has 0 radical (unpaired) electrons. The first kappa shape index (κ1) is 29.8. The van der Waals surface area contributed by atoms with E-state index in [1.165, 1.54) is 37.6 Å². The Kier molecular flexibility index (Phi) is 6.83. The fraction of sp³-hybridized carbons (Fsp3) is 0.167. The topological polar surface area (TPSA) is 66.4 Å². The van der Waals surface area contributed by atoms with Crippen LogP contribution >= 0.6 is 0 Å². The Morgan fingerprint density at radius 1 is 0.689 bits per heavy atom. The molecule has 0 aromatic heterocycles. The molecule has 1 unspecified atom stereocenters. The molecule has 0 amide bonds. The van der Waals surface area contributed by atoms with Gasteiger partial charge in [-0.3, -0.25) is 0 Å². The summed E-state index contributed by atoms with van der Waals surface area (Å²) < 4.78 is 66.4. The van der Waals surface area contributed by atoms with Crippen LogP contribution in [0.1, 0.15) is 40.7 Å². The quantitative estimate of drug-likeness (QED) is 0.114. The third-order valence-electron chi connectivity index (χ3n) is 9.20. The van der Waals surface area contributed by atoms with Gasteiger partial charge in [-0.05, 0) is 41.8 Å². The lowest BCUT2D eigenvalue weighted by atomic mass is 9.59. The molecule has 45 heavy (non-hydrogen) atoms.